The largest absolute Gasteiger partial charge is 0.456 e. The number of fused-ring (bicyclic) bond motifs is 3. The van der Waals surface area contributed by atoms with Gasteiger partial charge in [0.15, 0.2) is 6.10 Å². The quantitative estimate of drug-likeness (QED) is 0.177. The van der Waals surface area contributed by atoms with Gasteiger partial charge in [-0.3, -0.25) is 14.4 Å². The maximum Gasteiger partial charge on any atom is 0.329 e. The third kappa shape index (κ3) is 12.5. The molecule has 3 fully saturated rings. The number of esters is 1. The Morgan fingerprint density at radius 2 is 1.68 bits per heavy atom. The molecule has 62 heavy (non-hydrogen) atoms. The van der Waals surface area contributed by atoms with Crippen molar-refractivity contribution in [2.24, 2.45) is 29.6 Å². The Bertz CT molecular complexity index is 1580. The Hall–Kier alpha value is -2.79. The fourth-order valence-corrected chi connectivity index (χ4v) is 10.1. The summed E-state index contributed by atoms with van der Waals surface area (Å²) in [7, 11) is 2.92. The summed E-state index contributed by atoms with van der Waals surface area (Å²) in [6, 6.07) is -1.28. The van der Waals surface area contributed by atoms with Gasteiger partial charge in [0, 0.05) is 58.5 Å². The van der Waals surface area contributed by atoms with E-state index in [4.69, 9.17) is 23.7 Å². The Balaban J connectivity index is 1.77. The second-order valence-electron chi connectivity index (χ2n) is 18.7. The topological polar surface area (TPSA) is 190 Å². The minimum Gasteiger partial charge on any atom is -0.456 e. The highest BCUT2D eigenvalue weighted by molar-refractivity contribution is 5.88. The molecule has 2 amide bonds. The van der Waals surface area contributed by atoms with Crippen molar-refractivity contribution in [1.29, 1.82) is 0 Å². The number of cyclic esters (lactones) is 1. The van der Waals surface area contributed by atoms with Crippen LogP contribution in [0.5, 0.6) is 0 Å². The molecule has 16 unspecified atom stereocenters. The van der Waals surface area contributed by atoms with E-state index in [0.717, 1.165) is 6.42 Å². The van der Waals surface area contributed by atoms with Crippen molar-refractivity contribution in [3.63, 3.8) is 0 Å². The Morgan fingerprint density at radius 3 is 2.31 bits per heavy atom. The van der Waals surface area contributed by atoms with E-state index in [9.17, 15) is 34.5 Å². The number of methoxy groups -OCH3 is 2. The van der Waals surface area contributed by atoms with Crippen molar-refractivity contribution in [2.75, 3.05) is 27.4 Å². The van der Waals surface area contributed by atoms with Crippen LogP contribution in [0.15, 0.2) is 23.3 Å². The highest BCUT2D eigenvalue weighted by atomic mass is 19.1. The van der Waals surface area contributed by atoms with E-state index in [2.05, 4.69) is 5.32 Å². The van der Waals surface area contributed by atoms with Gasteiger partial charge in [0.25, 0.3) is 5.91 Å². The molecule has 15 heteroatoms. The molecule has 3 aliphatic heterocycles. The lowest BCUT2D eigenvalue weighted by molar-refractivity contribution is -0.346. The number of ether oxygens (including phenoxy) is 5. The van der Waals surface area contributed by atoms with Crippen molar-refractivity contribution in [3.05, 3.63) is 23.3 Å². The van der Waals surface area contributed by atoms with Gasteiger partial charge < -0.3 is 49.2 Å². The molecule has 4 N–H and O–H groups in total. The van der Waals surface area contributed by atoms with Gasteiger partial charge in [0.2, 0.25) is 11.7 Å². The van der Waals surface area contributed by atoms with E-state index in [1.54, 1.807) is 33.8 Å². The first kappa shape index (κ1) is 51.8. The van der Waals surface area contributed by atoms with Gasteiger partial charge in [-0.25, -0.2) is 9.18 Å². The number of amides is 2. The van der Waals surface area contributed by atoms with E-state index >= 15 is 4.39 Å². The van der Waals surface area contributed by atoms with Crippen LogP contribution in [0.4, 0.5) is 4.39 Å². The number of aliphatic hydroxyl groups is 3. The summed E-state index contributed by atoms with van der Waals surface area (Å²) in [4.78, 5) is 56.0. The molecule has 1 aliphatic carbocycles. The predicted octanol–water partition coefficient (Wildman–Crippen LogP) is 5.14. The number of halogens is 1. The summed E-state index contributed by atoms with van der Waals surface area (Å²) in [5.74, 6) is -7.44. The molecular weight excluding hydrogens is 804 g/mol. The first-order valence-electron chi connectivity index (χ1n) is 23.1. The van der Waals surface area contributed by atoms with Crippen molar-refractivity contribution in [1.82, 2.24) is 10.2 Å². The average Bonchev–Trinajstić information content (AvgIpc) is 3.25. The number of ketones is 1. The molecular formula is C47H77FN2O12. The molecule has 0 aromatic heterocycles. The molecule has 0 aromatic rings. The van der Waals surface area contributed by atoms with Crippen LogP contribution in [0.1, 0.15) is 126 Å². The lowest BCUT2D eigenvalue weighted by Gasteiger charge is -2.49. The third-order valence-electron chi connectivity index (χ3n) is 13.9. The normalized spacial score (nSPS) is 40.1. The van der Waals surface area contributed by atoms with Crippen LogP contribution >= 0.6 is 0 Å². The van der Waals surface area contributed by atoms with Crippen LogP contribution in [-0.2, 0) is 42.9 Å². The van der Waals surface area contributed by atoms with E-state index in [1.807, 2.05) is 26.8 Å². The molecule has 354 valence electrons. The second kappa shape index (κ2) is 23.4. The van der Waals surface area contributed by atoms with Gasteiger partial charge in [-0.2, -0.15) is 0 Å². The van der Waals surface area contributed by atoms with Gasteiger partial charge in [-0.1, -0.05) is 46.8 Å². The van der Waals surface area contributed by atoms with Crippen LogP contribution in [-0.4, -0.2) is 138 Å². The maximum atomic E-state index is 16.3. The van der Waals surface area contributed by atoms with Crippen LogP contribution in [0.3, 0.4) is 0 Å². The molecule has 3 heterocycles. The van der Waals surface area contributed by atoms with Crippen LogP contribution in [0, 0.1) is 29.6 Å². The number of piperidine rings is 1. The second-order valence-corrected chi connectivity index (χ2v) is 18.7. The van der Waals surface area contributed by atoms with Gasteiger partial charge in [0.05, 0.1) is 30.5 Å². The first-order valence-corrected chi connectivity index (χ1v) is 23.1. The number of nitrogens with zero attached hydrogens (tertiary/aromatic N) is 1. The van der Waals surface area contributed by atoms with Gasteiger partial charge in [-0.05, 0) is 101 Å². The number of carbonyl (C=O) groups is 4. The van der Waals surface area contributed by atoms with Crippen LogP contribution < -0.4 is 5.32 Å². The summed E-state index contributed by atoms with van der Waals surface area (Å²) >= 11 is 0. The summed E-state index contributed by atoms with van der Waals surface area (Å²) < 4.78 is 46.7. The number of rotatable bonds is 9. The third-order valence-corrected chi connectivity index (χ3v) is 13.9. The molecule has 4 rings (SSSR count). The molecule has 0 radical (unpaired) electrons. The highest BCUT2D eigenvalue weighted by Gasteiger charge is 2.56. The monoisotopic (exact) mass is 881 g/mol. The number of aliphatic hydroxyl groups excluding tert-OH is 2. The number of Topliss-reactive ketones (excluding diaryl/α,β-unsaturated/α-hetero) is 1. The zero-order valence-corrected chi connectivity index (χ0v) is 38.8. The van der Waals surface area contributed by atoms with Crippen LogP contribution in [0.2, 0.25) is 0 Å². The SMILES string of the molecule is CCCOC1CC(C=C(C)C2OC(=O)C3CCCCN3C(=O)C(O)C3(O)OC(C(OC)CC(C)C(F)C(C)=CC(CC)C(=O)CC(O)C2C)C(OC)CC3C)CCC1NC(C)=O. The van der Waals surface area contributed by atoms with Crippen molar-refractivity contribution in [3.8, 4) is 0 Å². The van der Waals surface area contributed by atoms with Crippen molar-refractivity contribution >= 4 is 23.6 Å². The first-order chi connectivity index (χ1) is 29.3. The molecule has 14 nitrogen and oxygen atoms in total. The Kier molecular flexibility index (Phi) is 19.6. The number of hydrogen-bond acceptors (Lipinski definition) is 12. The summed E-state index contributed by atoms with van der Waals surface area (Å²) in [6.07, 6.45) is -0.440. The average molecular weight is 881 g/mol. The van der Waals surface area contributed by atoms with Gasteiger partial charge in [-0.15, -0.1) is 0 Å². The Labute approximate surface area is 368 Å². The van der Waals surface area contributed by atoms with Crippen molar-refractivity contribution in [2.45, 2.75) is 193 Å². The smallest absolute Gasteiger partial charge is 0.329 e. The van der Waals surface area contributed by atoms with E-state index in [0.29, 0.717) is 56.3 Å². The van der Waals surface area contributed by atoms with Crippen LogP contribution in [0.25, 0.3) is 0 Å². The standard InChI is InChI=1S/C47H77FN2O12/c1-11-19-60-38-24-32(16-17-34(38)49-31(8)51)20-28(5)42-30(7)36(52)25-37(53)33(12-2)21-26(3)41(48)27(4)22-39(58-9)43-40(59-10)23-29(6)47(57,62-43)44(54)45(55)50-18-14-13-15-35(50)46(56)61-42/h20-21,27,29-30,32-36,38-44,52,54,57H,11-19,22-25H2,1-10H3,(H,49,51). The minimum atomic E-state index is -2.42. The molecule has 0 spiro atoms. The molecule has 1 saturated carbocycles. The van der Waals surface area contributed by atoms with E-state index < -0.39 is 90.2 Å². The van der Waals surface area contributed by atoms with Crippen molar-refractivity contribution < 1.29 is 62.6 Å². The fourth-order valence-electron chi connectivity index (χ4n) is 10.1. The van der Waals surface area contributed by atoms with Gasteiger partial charge >= 0.3 is 5.97 Å². The zero-order valence-electron chi connectivity index (χ0n) is 38.8. The summed E-state index contributed by atoms with van der Waals surface area (Å²) in [6.45, 7) is 14.5. The molecule has 16 atom stereocenters. The zero-order chi connectivity index (χ0) is 46.1. The number of nitrogens with one attached hydrogen (secondary N) is 1. The lowest BCUT2D eigenvalue weighted by atomic mass is 9.80. The summed E-state index contributed by atoms with van der Waals surface area (Å²) in [5.41, 5.74) is 0.987. The Morgan fingerprint density at radius 1 is 1.00 bits per heavy atom. The number of alkyl halides is 1. The predicted molar refractivity (Wildman–Crippen MR) is 230 cm³/mol. The molecule has 4 aliphatic rings. The van der Waals surface area contributed by atoms with E-state index in [-0.39, 0.29) is 62.0 Å². The number of hydrogen-bond donors (Lipinski definition) is 4. The fraction of sp³-hybridized carbons (Fsp3) is 0.830. The molecule has 0 aromatic carbocycles. The summed E-state index contributed by atoms with van der Waals surface area (Å²) in [5, 5.41) is 38.8. The van der Waals surface area contributed by atoms with Gasteiger partial charge in [0.1, 0.15) is 30.2 Å². The molecule has 2 saturated heterocycles. The number of allylic oxidation sites excluding steroid dienone is 3. The number of carbonyl (C=O) groups excluding carboxylic acids is 4. The van der Waals surface area contributed by atoms with E-state index in [1.165, 1.54) is 26.0 Å². The molecule has 2 bridgehead atoms. The minimum absolute atomic E-state index is 0.0225. The highest BCUT2D eigenvalue weighted by Crippen LogP contribution is 2.41. The lowest BCUT2D eigenvalue weighted by Crippen LogP contribution is -2.66. The maximum absolute atomic E-state index is 16.3.